The van der Waals surface area contributed by atoms with Crippen LogP contribution in [0.25, 0.3) is 0 Å². The predicted octanol–water partition coefficient (Wildman–Crippen LogP) is 2.96. The quantitative estimate of drug-likeness (QED) is 0.473. The molecule has 1 aliphatic heterocycles. The summed E-state index contributed by atoms with van der Waals surface area (Å²) in [5.41, 5.74) is 6.09. The fourth-order valence-corrected chi connectivity index (χ4v) is 3.10. The monoisotopic (exact) mass is 380 g/mol. The van der Waals surface area contributed by atoms with E-state index in [1.807, 2.05) is 0 Å². The lowest BCUT2D eigenvalue weighted by Crippen LogP contribution is -2.29. The third kappa shape index (κ3) is 3.55. The van der Waals surface area contributed by atoms with Gasteiger partial charge in [0, 0.05) is 17.7 Å². The van der Waals surface area contributed by atoms with Crippen LogP contribution in [-0.2, 0) is 19.1 Å². The Labute approximate surface area is 154 Å². The van der Waals surface area contributed by atoms with E-state index in [-0.39, 0.29) is 45.9 Å². The molecule has 1 atom stereocenters. The molecule has 0 amide bonds. The summed E-state index contributed by atoms with van der Waals surface area (Å²) in [6.07, 6.45) is 0. The van der Waals surface area contributed by atoms with Crippen LogP contribution in [0.2, 0.25) is 5.02 Å². The maximum Gasteiger partial charge on any atom is 0.340 e. The highest BCUT2D eigenvalue weighted by molar-refractivity contribution is 6.32. The van der Waals surface area contributed by atoms with Crippen molar-refractivity contribution in [1.29, 1.82) is 0 Å². The van der Waals surface area contributed by atoms with Crippen molar-refractivity contribution < 1.29 is 24.0 Å². The highest BCUT2D eigenvalue weighted by Gasteiger charge is 2.39. The number of esters is 1. The number of Topliss-reactive ketones (excluding diaryl/α,β-unsaturated/α-hetero) is 1. The summed E-state index contributed by atoms with van der Waals surface area (Å²) in [4.78, 5) is 35.0. The number of halogens is 1. The van der Waals surface area contributed by atoms with Gasteiger partial charge < -0.3 is 15.2 Å². The van der Waals surface area contributed by atoms with Crippen LogP contribution in [0.4, 0.5) is 5.69 Å². The van der Waals surface area contributed by atoms with Crippen LogP contribution in [0.5, 0.6) is 0 Å². The second-order valence-corrected chi connectivity index (χ2v) is 5.93. The Bertz CT molecular complexity index is 859. The minimum atomic E-state index is -0.950. The molecule has 0 radical (unpaired) electrons. The van der Waals surface area contributed by atoms with E-state index in [0.29, 0.717) is 5.56 Å². The fraction of sp³-hybridized carbons (Fsp3) is 0.294. The largest absolute Gasteiger partial charge is 0.462 e. The summed E-state index contributed by atoms with van der Waals surface area (Å²) in [6, 6.07) is 3.78. The zero-order valence-electron chi connectivity index (χ0n) is 14.4. The number of ketones is 1. The number of nitrogens with two attached hydrogens (primary N) is 1. The first-order valence-electron chi connectivity index (χ1n) is 7.69. The zero-order chi connectivity index (χ0) is 19.6. The van der Waals surface area contributed by atoms with Gasteiger partial charge >= 0.3 is 5.97 Å². The third-order valence-electron chi connectivity index (χ3n) is 3.87. The molecule has 0 saturated heterocycles. The van der Waals surface area contributed by atoms with Gasteiger partial charge in [0.05, 0.1) is 22.5 Å². The Morgan fingerprint density at radius 3 is 2.54 bits per heavy atom. The van der Waals surface area contributed by atoms with Crippen LogP contribution < -0.4 is 5.73 Å². The second kappa shape index (κ2) is 7.57. The van der Waals surface area contributed by atoms with Crippen molar-refractivity contribution >= 4 is 29.0 Å². The molecule has 1 aromatic rings. The Morgan fingerprint density at radius 2 is 2.04 bits per heavy atom. The summed E-state index contributed by atoms with van der Waals surface area (Å²) in [5, 5.41) is 11.0. The van der Waals surface area contributed by atoms with Crippen LogP contribution in [0, 0.1) is 10.1 Å². The van der Waals surface area contributed by atoms with E-state index in [1.54, 1.807) is 6.92 Å². The molecule has 1 aromatic carbocycles. The Kier molecular flexibility index (Phi) is 5.66. The molecular weight excluding hydrogens is 364 g/mol. The standard InChI is InChI=1S/C17H17ClN2O6/c1-4-25-17(22)15-14(13(8(2)21)9(3)26-16(15)19)11-6-5-10(20(23)24)7-12(11)18/h5-7,14H,4,19H2,1-3H3/t14-/m1/s1. The summed E-state index contributed by atoms with van der Waals surface area (Å²) >= 11 is 6.22. The van der Waals surface area contributed by atoms with Gasteiger partial charge in [-0.25, -0.2) is 4.79 Å². The van der Waals surface area contributed by atoms with Gasteiger partial charge in [0.1, 0.15) is 11.3 Å². The van der Waals surface area contributed by atoms with Crippen molar-refractivity contribution in [2.45, 2.75) is 26.7 Å². The molecule has 138 valence electrons. The number of hydrogen-bond donors (Lipinski definition) is 1. The molecule has 2 N–H and O–H groups in total. The second-order valence-electron chi connectivity index (χ2n) is 5.52. The summed E-state index contributed by atoms with van der Waals surface area (Å²) in [7, 11) is 0. The lowest BCUT2D eigenvalue weighted by atomic mass is 9.81. The first-order chi connectivity index (χ1) is 12.2. The highest BCUT2D eigenvalue weighted by Crippen LogP contribution is 2.43. The number of ether oxygens (including phenoxy) is 2. The predicted molar refractivity (Wildman–Crippen MR) is 93.2 cm³/mol. The Balaban J connectivity index is 2.71. The first-order valence-corrected chi connectivity index (χ1v) is 8.06. The average molecular weight is 381 g/mol. The smallest absolute Gasteiger partial charge is 0.340 e. The lowest BCUT2D eigenvalue weighted by Gasteiger charge is -2.29. The number of carbonyl (C=O) groups excluding carboxylic acids is 2. The molecule has 1 aliphatic rings. The van der Waals surface area contributed by atoms with Crippen molar-refractivity contribution in [2.24, 2.45) is 5.73 Å². The van der Waals surface area contributed by atoms with Gasteiger partial charge in [0.15, 0.2) is 5.78 Å². The number of nitro groups is 1. The molecule has 0 fully saturated rings. The van der Waals surface area contributed by atoms with Crippen LogP contribution in [-0.4, -0.2) is 23.3 Å². The van der Waals surface area contributed by atoms with E-state index in [0.717, 1.165) is 6.07 Å². The molecule has 0 bridgehead atoms. The van der Waals surface area contributed by atoms with Crippen molar-refractivity contribution in [2.75, 3.05) is 6.61 Å². The molecule has 0 spiro atoms. The third-order valence-corrected chi connectivity index (χ3v) is 4.19. The molecule has 8 nitrogen and oxygen atoms in total. The molecule has 0 aliphatic carbocycles. The molecule has 1 heterocycles. The number of rotatable bonds is 5. The van der Waals surface area contributed by atoms with E-state index < -0.39 is 16.8 Å². The van der Waals surface area contributed by atoms with Gasteiger partial charge in [-0.2, -0.15) is 0 Å². The summed E-state index contributed by atoms with van der Waals surface area (Å²) in [6.45, 7) is 4.57. The molecular formula is C17H17ClN2O6. The van der Waals surface area contributed by atoms with E-state index >= 15 is 0 Å². The number of non-ortho nitro benzene ring substituents is 1. The number of nitro benzene ring substituents is 1. The van der Waals surface area contributed by atoms with E-state index in [1.165, 1.54) is 26.0 Å². The molecule has 9 heteroatoms. The molecule has 0 aromatic heterocycles. The summed E-state index contributed by atoms with van der Waals surface area (Å²) in [5.74, 6) is -2.03. The van der Waals surface area contributed by atoms with E-state index in [9.17, 15) is 19.7 Å². The molecule has 0 saturated carbocycles. The Morgan fingerprint density at radius 1 is 1.38 bits per heavy atom. The normalized spacial score (nSPS) is 17.0. The van der Waals surface area contributed by atoms with Gasteiger partial charge in [0.25, 0.3) is 5.69 Å². The Hall–Kier alpha value is -2.87. The maximum absolute atomic E-state index is 12.4. The molecule has 26 heavy (non-hydrogen) atoms. The highest BCUT2D eigenvalue weighted by atomic mass is 35.5. The zero-order valence-corrected chi connectivity index (χ0v) is 15.1. The first kappa shape index (κ1) is 19.5. The number of benzene rings is 1. The number of nitrogens with zero attached hydrogens (tertiary/aromatic N) is 1. The van der Waals surface area contributed by atoms with Gasteiger partial charge in [0.2, 0.25) is 5.88 Å². The van der Waals surface area contributed by atoms with Gasteiger partial charge in [-0.1, -0.05) is 11.6 Å². The average Bonchev–Trinajstić information content (AvgIpc) is 2.53. The minimum absolute atomic E-state index is 0.0206. The molecule has 2 rings (SSSR count). The van der Waals surface area contributed by atoms with Gasteiger partial charge in [-0.3, -0.25) is 14.9 Å². The summed E-state index contributed by atoms with van der Waals surface area (Å²) < 4.78 is 10.4. The van der Waals surface area contributed by atoms with Crippen LogP contribution in [0.3, 0.4) is 0 Å². The molecule has 0 unspecified atom stereocenters. The van der Waals surface area contributed by atoms with Crippen molar-refractivity contribution in [3.05, 3.63) is 61.7 Å². The van der Waals surface area contributed by atoms with Gasteiger partial charge in [-0.05, 0) is 32.4 Å². The van der Waals surface area contributed by atoms with Gasteiger partial charge in [-0.15, -0.1) is 0 Å². The fourth-order valence-electron chi connectivity index (χ4n) is 2.82. The van der Waals surface area contributed by atoms with Crippen LogP contribution in [0.15, 0.2) is 41.0 Å². The number of carbonyl (C=O) groups is 2. The minimum Gasteiger partial charge on any atom is -0.462 e. The number of allylic oxidation sites excluding steroid dienone is 2. The van der Waals surface area contributed by atoms with Crippen molar-refractivity contribution in [1.82, 2.24) is 0 Å². The van der Waals surface area contributed by atoms with E-state index in [4.69, 9.17) is 26.8 Å². The lowest BCUT2D eigenvalue weighted by molar-refractivity contribution is -0.384. The topological polar surface area (TPSA) is 122 Å². The van der Waals surface area contributed by atoms with Crippen molar-refractivity contribution in [3.63, 3.8) is 0 Å². The van der Waals surface area contributed by atoms with Crippen molar-refractivity contribution in [3.8, 4) is 0 Å². The maximum atomic E-state index is 12.4. The SMILES string of the molecule is CCOC(=O)C1=C(N)OC(C)=C(C(C)=O)[C@H]1c1ccc([N+](=O)[O-])cc1Cl. The van der Waals surface area contributed by atoms with Crippen LogP contribution >= 0.6 is 11.6 Å². The number of hydrogen-bond acceptors (Lipinski definition) is 7. The van der Waals surface area contributed by atoms with E-state index in [2.05, 4.69) is 0 Å². The van der Waals surface area contributed by atoms with Crippen LogP contribution in [0.1, 0.15) is 32.3 Å².